The van der Waals surface area contributed by atoms with E-state index in [-0.39, 0.29) is 0 Å². The highest BCUT2D eigenvalue weighted by Crippen LogP contribution is 2.46. The number of aromatic nitrogens is 1. The number of rotatable bonds is 3. The van der Waals surface area contributed by atoms with Crippen molar-refractivity contribution in [1.82, 2.24) is 15.2 Å². The number of piperazine rings is 1. The third-order valence-corrected chi connectivity index (χ3v) is 4.61. The normalized spacial score (nSPS) is 22.0. The zero-order valence-electron chi connectivity index (χ0n) is 11.8. The van der Waals surface area contributed by atoms with E-state index in [4.69, 9.17) is 0 Å². The van der Waals surface area contributed by atoms with E-state index < -0.39 is 0 Å². The maximum Gasteiger partial charge on any atom is 0.0705 e. The quantitative estimate of drug-likeness (QED) is 0.926. The molecule has 4 rings (SSSR count). The number of nitrogens with one attached hydrogen (secondary N) is 1. The second-order valence-electron chi connectivity index (χ2n) is 5.99. The molecule has 1 aliphatic carbocycles. The summed E-state index contributed by atoms with van der Waals surface area (Å²) in [7, 11) is 0. The van der Waals surface area contributed by atoms with Crippen LogP contribution in [0.1, 0.15) is 24.4 Å². The van der Waals surface area contributed by atoms with Gasteiger partial charge in [-0.1, -0.05) is 18.2 Å². The number of fused-ring (bicyclic) bond motifs is 1. The Balaban J connectivity index is 1.77. The van der Waals surface area contributed by atoms with Gasteiger partial charge in [0.2, 0.25) is 0 Å². The molecular formula is C17H21N3. The van der Waals surface area contributed by atoms with Crippen molar-refractivity contribution in [3.63, 3.8) is 0 Å². The van der Waals surface area contributed by atoms with Gasteiger partial charge in [-0.05, 0) is 36.5 Å². The van der Waals surface area contributed by atoms with Gasteiger partial charge in [-0.15, -0.1) is 0 Å². The molecule has 0 amide bonds. The standard InChI is InChI=1S/C17H21N3/c1-2-4-16-14(3-1)15(7-8-19-16)17(13-5-6-13)20-11-9-18-10-12-20/h1-4,7-8,13,17-18H,5-6,9-12H2/t17-/m1/s1. The number of hydrogen-bond donors (Lipinski definition) is 1. The number of pyridine rings is 1. The van der Waals surface area contributed by atoms with Crippen LogP contribution in [0.2, 0.25) is 0 Å². The van der Waals surface area contributed by atoms with E-state index in [1.165, 1.54) is 23.8 Å². The van der Waals surface area contributed by atoms with E-state index in [2.05, 4.69) is 45.5 Å². The molecule has 2 heterocycles. The van der Waals surface area contributed by atoms with Crippen LogP contribution in [0.25, 0.3) is 10.9 Å². The summed E-state index contributed by atoms with van der Waals surface area (Å²) in [5.74, 6) is 0.846. The van der Waals surface area contributed by atoms with Gasteiger partial charge in [-0.3, -0.25) is 9.88 Å². The van der Waals surface area contributed by atoms with Crippen LogP contribution in [0.3, 0.4) is 0 Å². The van der Waals surface area contributed by atoms with E-state index in [1.807, 2.05) is 6.20 Å². The van der Waals surface area contributed by atoms with Gasteiger partial charge in [0.25, 0.3) is 0 Å². The maximum absolute atomic E-state index is 4.52. The fraction of sp³-hybridized carbons (Fsp3) is 0.471. The Hall–Kier alpha value is -1.45. The molecule has 0 unspecified atom stereocenters. The molecule has 2 aromatic rings. The summed E-state index contributed by atoms with van der Waals surface area (Å²) < 4.78 is 0. The first-order valence-corrected chi connectivity index (χ1v) is 7.72. The average molecular weight is 267 g/mol. The molecule has 20 heavy (non-hydrogen) atoms. The SMILES string of the molecule is c1ccc2c([C@@H](C3CC3)N3CCNCC3)ccnc2c1. The van der Waals surface area contributed by atoms with Crippen molar-refractivity contribution in [2.24, 2.45) is 5.92 Å². The van der Waals surface area contributed by atoms with Crippen molar-refractivity contribution in [2.75, 3.05) is 26.2 Å². The second kappa shape index (κ2) is 5.15. The molecule has 1 aromatic heterocycles. The molecule has 1 aliphatic heterocycles. The van der Waals surface area contributed by atoms with Gasteiger partial charge in [0.05, 0.1) is 5.52 Å². The zero-order valence-corrected chi connectivity index (χ0v) is 11.8. The van der Waals surface area contributed by atoms with Crippen LogP contribution in [0, 0.1) is 5.92 Å². The molecule has 1 aromatic carbocycles. The number of nitrogens with zero attached hydrogens (tertiary/aromatic N) is 2. The van der Waals surface area contributed by atoms with E-state index in [0.29, 0.717) is 6.04 Å². The van der Waals surface area contributed by atoms with Crippen LogP contribution in [0.15, 0.2) is 36.5 Å². The molecule has 3 nitrogen and oxygen atoms in total. The highest BCUT2D eigenvalue weighted by atomic mass is 15.2. The molecule has 104 valence electrons. The van der Waals surface area contributed by atoms with Crippen molar-refractivity contribution < 1.29 is 0 Å². The van der Waals surface area contributed by atoms with Gasteiger partial charge in [0.15, 0.2) is 0 Å². The fourth-order valence-electron chi connectivity index (χ4n) is 3.50. The van der Waals surface area contributed by atoms with E-state index >= 15 is 0 Å². The Bertz CT molecular complexity index is 595. The molecule has 1 atom stereocenters. The smallest absolute Gasteiger partial charge is 0.0705 e. The fourth-order valence-corrected chi connectivity index (χ4v) is 3.50. The summed E-state index contributed by atoms with van der Waals surface area (Å²) in [5.41, 5.74) is 2.62. The van der Waals surface area contributed by atoms with Crippen molar-refractivity contribution in [2.45, 2.75) is 18.9 Å². The van der Waals surface area contributed by atoms with Crippen LogP contribution in [0.4, 0.5) is 0 Å². The van der Waals surface area contributed by atoms with Crippen LogP contribution in [-0.4, -0.2) is 36.1 Å². The topological polar surface area (TPSA) is 28.2 Å². The summed E-state index contributed by atoms with van der Waals surface area (Å²) in [6.45, 7) is 4.56. The lowest BCUT2D eigenvalue weighted by molar-refractivity contribution is 0.157. The lowest BCUT2D eigenvalue weighted by atomic mass is 9.96. The van der Waals surface area contributed by atoms with Crippen LogP contribution >= 0.6 is 0 Å². The van der Waals surface area contributed by atoms with Crippen LogP contribution in [0.5, 0.6) is 0 Å². The summed E-state index contributed by atoms with van der Waals surface area (Å²) >= 11 is 0. The molecule has 1 saturated heterocycles. The maximum atomic E-state index is 4.52. The molecule has 0 bridgehead atoms. The highest BCUT2D eigenvalue weighted by molar-refractivity contribution is 5.82. The van der Waals surface area contributed by atoms with E-state index in [0.717, 1.165) is 37.6 Å². The highest BCUT2D eigenvalue weighted by Gasteiger charge is 2.37. The largest absolute Gasteiger partial charge is 0.314 e. The molecule has 2 fully saturated rings. The first-order valence-electron chi connectivity index (χ1n) is 7.72. The molecule has 1 N–H and O–H groups in total. The van der Waals surface area contributed by atoms with Gasteiger partial charge in [-0.2, -0.15) is 0 Å². The third-order valence-electron chi connectivity index (χ3n) is 4.61. The summed E-state index contributed by atoms with van der Waals surface area (Å²) in [6.07, 6.45) is 4.74. The minimum absolute atomic E-state index is 0.588. The first-order chi connectivity index (χ1) is 9.93. The number of benzene rings is 1. The first kappa shape index (κ1) is 12.3. The van der Waals surface area contributed by atoms with Crippen molar-refractivity contribution in [3.05, 3.63) is 42.1 Å². The van der Waals surface area contributed by atoms with E-state index in [1.54, 1.807) is 0 Å². The zero-order chi connectivity index (χ0) is 13.4. The molecule has 3 heteroatoms. The predicted octanol–water partition coefficient (Wildman–Crippen LogP) is 2.59. The minimum atomic E-state index is 0.588. The van der Waals surface area contributed by atoms with Gasteiger partial charge in [-0.25, -0.2) is 0 Å². The monoisotopic (exact) mass is 267 g/mol. The summed E-state index contributed by atoms with van der Waals surface area (Å²) in [4.78, 5) is 7.19. The van der Waals surface area contributed by atoms with Gasteiger partial charge >= 0.3 is 0 Å². The van der Waals surface area contributed by atoms with Gasteiger partial charge < -0.3 is 5.32 Å². The summed E-state index contributed by atoms with van der Waals surface area (Å²) in [6, 6.07) is 11.4. The van der Waals surface area contributed by atoms with Crippen LogP contribution < -0.4 is 5.32 Å². The van der Waals surface area contributed by atoms with Crippen molar-refractivity contribution >= 4 is 10.9 Å². The molecule has 2 aliphatic rings. The summed E-state index contributed by atoms with van der Waals surface area (Å²) in [5, 5.41) is 4.80. The Labute approximate surface area is 120 Å². The van der Waals surface area contributed by atoms with Crippen molar-refractivity contribution in [1.29, 1.82) is 0 Å². The lowest BCUT2D eigenvalue weighted by Crippen LogP contribution is -2.45. The number of hydrogen-bond acceptors (Lipinski definition) is 3. The van der Waals surface area contributed by atoms with Crippen LogP contribution in [-0.2, 0) is 0 Å². The molecule has 0 spiro atoms. The van der Waals surface area contributed by atoms with E-state index in [9.17, 15) is 0 Å². The molecule has 0 radical (unpaired) electrons. The second-order valence-corrected chi connectivity index (χ2v) is 5.99. The van der Waals surface area contributed by atoms with Gasteiger partial charge in [0, 0.05) is 43.8 Å². The minimum Gasteiger partial charge on any atom is -0.314 e. The number of para-hydroxylation sites is 1. The lowest BCUT2D eigenvalue weighted by Gasteiger charge is -2.36. The third kappa shape index (κ3) is 2.21. The Morgan fingerprint density at radius 3 is 2.70 bits per heavy atom. The Morgan fingerprint density at radius 1 is 1.10 bits per heavy atom. The predicted molar refractivity (Wildman–Crippen MR) is 81.7 cm³/mol. The molecule has 1 saturated carbocycles. The Morgan fingerprint density at radius 2 is 1.90 bits per heavy atom. The van der Waals surface area contributed by atoms with Gasteiger partial charge in [0.1, 0.15) is 0 Å². The Kier molecular flexibility index (Phi) is 3.17. The molecular weight excluding hydrogens is 246 g/mol. The average Bonchev–Trinajstić information content (AvgIpc) is 3.34. The van der Waals surface area contributed by atoms with Crippen molar-refractivity contribution in [3.8, 4) is 0 Å².